The fraction of sp³-hybridized carbons (Fsp3) is 0.684. The van der Waals surface area contributed by atoms with Crippen molar-refractivity contribution in [1.29, 1.82) is 0 Å². The summed E-state index contributed by atoms with van der Waals surface area (Å²) < 4.78 is 42.1. The molecule has 1 aromatic heterocycles. The number of hydrogen-bond donors (Lipinski definition) is 2. The Morgan fingerprint density at radius 3 is 2.50 bits per heavy atom. The first kappa shape index (κ1) is 25.6. The first-order valence-electron chi connectivity index (χ1n) is 9.89. The lowest BCUT2D eigenvalue weighted by Crippen LogP contribution is -2.41. The van der Waals surface area contributed by atoms with Crippen molar-refractivity contribution in [2.75, 3.05) is 58.5 Å². The first-order chi connectivity index (χ1) is 15.0. The Labute approximate surface area is 182 Å². The van der Waals surface area contributed by atoms with Crippen LogP contribution in [0.3, 0.4) is 0 Å². The second-order valence-electron chi connectivity index (χ2n) is 7.66. The van der Waals surface area contributed by atoms with E-state index in [0.717, 1.165) is 31.9 Å². The zero-order valence-corrected chi connectivity index (χ0v) is 17.8. The molecule has 0 saturated carbocycles. The van der Waals surface area contributed by atoms with E-state index in [0.29, 0.717) is 32.0 Å². The standard InChI is InChI=1S/C17H26N4O4.C2HF3O2/c1-24-7-6-20-9-13-10-21(14-8-15(25-2)19-12-18-14)5-3-4-17(13,11-20)16(22)23;3-2(4,5)1(6)7/h8,12-13H,3-7,9-11H2,1-2H3,(H,22,23);(H,6,7)/t13-,17+;/m1./s1. The molecule has 2 saturated heterocycles. The average Bonchev–Trinajstić information content (AvgIpc) is 2.99. The van der Waals surface area contributed by atoms with E-state index in [1.165, 1.54) is 6.33 Å². The molecule has 2 aliphatic rings. The number of carboxylic acids is 2. The summed E-state index contributed by atoms with van der Waals surface area (Å²) in [7, 11) is 3.25. The molecule has 10 nitrogen and oxygen atoms in total. The lowest BCUT2D eigenvalue weighted by Gasteiger charge is -2.30. The van der Waals surface area contributed by atoms with E-state index in [2.05, 4.69) is 19.8 Å². The molecule has 0 spiro atoms. The summed E-state index contributed by atoms with van der Waals surface area (Å²) >= 11 is 0. The summed E-state index contributed by atoms with van der Waals surface area (Å²) in [5.41, 5.74) is -0.681. The van der Waals surface area contributed by atoms with Gasteiger partial charge >= 0.3 is 18.1 Å². The number of aliphatic carboxylic acids is 2. The summed E-state index contributed by atoms with van der Waals surface area (Å²) in [6, 6.07) is 1.81. The van der Waals surface area contributed by atoms with Crippen molar-refractivity contribution in [3.05, 3.63) is 12.4 Å². The number of halogens is 3. The summed E-state index contributed by atoms with van der Waals surface area (Å²) in [6.45, 7) is 4.23. The maximum Gasteiger partial charge on any atom is 0.490 e. The highest BCUT2D eigenvalue weighted by molar-refractivity contribution is 5.76. The van der Waals surface area contributed by atoms with Gasteiger partial charge in [-0.1, -0.05) is 0 Å². The third kappa shape index (κ3) is 6.19. The van der Waals surface area contributed by atoms with E-state index < -0.39 is 23.5 Å². The van der Waals surface area contributed by atoms with Gasteiger partial charge in [-0.2, -0.15) is 13.2 Å². The Kier molecular flexibility index (Phi) is 8.61. The average molecular weight is 464 g/mol. The third-order valence-corrected chi connectivity index (χ3v) is 5.70. The molecular weight excluding hydrogens is 437 g/mol. The second kappa shape index (κ2) is 10.8. The Morgan fingerprint density at radius 1 is 1.25 bits per heavy atom. The second-order valence-corrected chi connectivity index (χ2v) is 7.66. The number of methoxy groups -OCH3 is 2. The Hall–Kier alpha value is -2.67. The molecule has 3 heterocycles. The van der Waals surface area contributed by atoms with Gasteiger partial charge in [0, 0.05) is 51.8 Å². The summed E-state index contributed by atoms with van der Waals surface area (Å²) in [4.78, 5) is 33.8. The van der Waals surface area contributed by atoms with Gasteiger partial charge in [0.1, 0.15) is 12.1 Å². The molecule has 0 radical (unpaired) electrons. The van der Waals surface area contributed by atoms with E-state index in [9.17, 15) is 23.1 Å². The van der Waals surface area contributed by atoms with Gasteiger partial charge in [0.2, 0.25) is 5.88 Å². The molecule has 2 N–H and O–H groups in total. The van der Waals surface area contributed by atoms with Gasteiger partial charge in [-0.05, 0) is 12.8 Å². The molecule has 180 valence electrons. The van der Waals surface area contributed by atoms with Crippen molar-refractivity contribution in [3.8, 4) is 5.88 Å². The predicted octanol–water partition coefficient (Wildman–Crippen LogP) is 1.37. The van der Waals surface area contributed by atoms with Crippen LogP contribution in [0, 0.1) is 11.3 Å². The lowest BCUT2D eigenvalue weighted by molar-refractivity contribution is -0.192. The number of nitrogens with zero attached hydrogens (tertiary/aromatic N) is 4. The molecular formula is C19H27F3N4O6. The number of carboxylic acid groups (broad SMARTS) is 2. The number of alkyl halides is 3. The highest BCUT2D eigenvalue weighted by atomic mass is 19.4. The van der Waals surface area contributed by atoms with Gasteiger partial charge in [0.05, 0.1) is 19.1 Å². The van der Waals surface area contributed by atoms with Crippen molar-refractivity contribution in [3.63, 3.8) is 0 Å². The Balaban J connectivity index is 0.000000451. The summed E-state index contributed by atoms with van der Waals surface area (Å²) in [5.74, 6) is -2.06. The third-order valence-electron chi connectivity index (χ3n) is 5.70. The fourth-order valence-electron chi connectivity index (χ4n) is 4.10. The van der Waals surface area contributed by atoms with Crippen molar-refractivity contribution < 1.29 is 42.4 Å². The minimum atomic E-state index is -5.08. The number of aromatic nitrogens is 2. The van der Waals surface area contributed by atoms with Gasteiger partial charge in [-0.3, -0.25) is 9.69 Å². The molecule has 2 aliphatic heterocycles. The number of ether oxygens (including phenoxy) is 2. The van der Waals surface area contributed by atoms with Crippen LogP contribution >= 0.6 is 0 Å². The monoisotopic (exact) mass is 464 g/mol. The van der Waals surface area contributed by atoms with Gasteiger partial charge < -0.3 is 24.6 Å². The molecule has 0 bridgehead atoms. The maximum absolute atomic E-state index is 12.2. The highest BCUT2D eigenvalue weighted by Crippen LogP contribution is 2.43. The topological polar surface area (TPSA) is 125 Å². The number of carbonyl (C=O) groups is 2. The maximum atomic E-state index is 12.2. The van der Waals surface area contributed by atoms with Gasteiger partial charge in [0.25, 0.3) is 0 Å². The number of likely N-dealkylation sites (tertiary alicyclic amines) is 1. The minimum absolute atomic E-state index is 0.0605. The van der Waals surface area contributed by atoms with Crippen LogP contribution in [0.2, 0.25) is 0 Å². The van der Waals surface area contributed by atoms with Crippen LogP contribution in [0.4, 0.5) is 19.0 Å². The molecule has 0 aliphatic carbocycles. The normalized spacial score (nSPS) is 23.5. The van der Waals surface area contributed by atoms with E-state index >= 15 is 0 Å². The highest BCUT2D eigenvalue weighted by Gasteiger charge is 2.53. The van der Waals surface area contributed by atoms with Crippen LogP contribution in [0.25, 0.3) is 0 Å². The van der Waals surface area contributed by atoms with Crippen molar-refractivity contribution >= 4 is 17.8 Å². The Morgan fingerprint density at radius 2 is 1.94 bits per heavy atom. The molecule has 2 fully saturated rings. The zero-order chi connectivity index (χ0) is 23.9. The van der Waals surface area contributed by atoms with Crippen molar-refractivity contribution in [1.82, 2.24) is 14.9 Å². The molecule has 13 heteroatoms. The van der Waals surface area contributed by atoms with E-state index in [1.54, 1.807) is 14.2 Å². The van der Waals surface area contributed by atoms with Crippen LogP contribution in [0.15, 0.2) is 12.4 Å². The first-order valence-corrected chi connectivity index (χ1v) is 9.89. The van der Waals surface area contributed by atoms with Crippen LogP contribution < -0.4 is 9.64 Å². The molecule has 3 rings (SSSR count). The SMILES string of the molecule is COCCN1C[C@@H]2CN(c3cc(OC)ncn3)CCC[C@]2(C(=O)O)C1.O=C(O)C(F)(F)F. The number of hydrogen-bond acceptors (Lipinski definition) is 8. The summed E-state index contributed by atoms with van der Waals surface area (Å²) in [5, 5.41) is 17.1. The largest absolute Gasteiger partial charge is 0.490 e. The molecule has 0 aromatic carbocycles. The number of rotatable bonds is 6. The van der Waals surface area contributed by atoms with Crippen molar-refractivity contribution in [2.45, 2.75) is 19.0 Å². The fourth-order valence-corrected chi connectivity index (χ4v) is 4.10. The molecule has 2 atom stereocenters. The van der Waals surface area contributed by atoms with E-state index in [4.69, 9.17) is 19.4 Å². The molecule has 0 unspecified atom stereocenters. The predicted molar refractivity (Wildman–Crippen MR) is 106 cm³/mol. The summed E-state index contributed by atoms with van der Waals surface area (Å²) in [6.07, 6.45) is -2.08. The quantitative estimate of drug-likeness (QED) is 0.638. The van der Waals surface area contributed by atoms with Crippen molar-refractivity contribution in [2.24, 2.45) is 11.3 Å². The smallest absolute Gasteiger partial charge is 0.481 e. The minimum Gasteiger partial charge on any atom is -0.481 e. The van der Waals surface area contributed by atoms with E-state index in [1.807, 2.05) is 6.07 Å². The van der Waals surface area contributed by atoms with Gasteiger partial charge in [-0.25, -0.2) is 14.8 Å². The lowest BCUT2D eigenvalue weighted by atomic mass is 9.75. The van der Waals surface area contributed by atoms with Gasteiger partial charge in [-0.15, -0.1) is 0 Å². The molecule has 0 amide bonds. The van der Waals surface area contributed by atoms with Crippen LogP contribution in [-0.4, -0.2) is 96.7 Å². The zero-order valence-electron chi connectivity index (χ0n) is 17.8. The number of fused-ring (bicyclic) bond motifs is 1. The van der Waals surface area contributed by atoms with E-state index in [-0.39, 0.29) is 5.92 Å². The van der Waals surface area contributed by atoms with Gasteiger partial charge in [0.15, 0.2) is 0 Å². The molecule has 32 heavy (non-hydrogen) atoms. The number of anilines is 1. The molecule has 1 aromatic rings. The Bertz CT molecular complexity index is 797. The van der Waals surface area contributed by atoms with Crippen LogP contribution in [-0.2, 0) is 14.3 Å². The van der Waals surface area contributed by atoms with Crippen LogP contribution in [0.5, 0.6) is 5.88 Å². The van der Waals surface area contributed by atoms with Crippen LogP contribution in [0.1, 0.15) is 12.8 Å².